The molecule has 0 radical (unpaired) electrons. The number of anilines is 1. The van der Waals surface area contributed by atoms with Gasteiger partial charge in [0.25, 0.3) is 5.56 Å². The standard InChI is InChI=1S/C32H27ClN4O4S/c33-26-8-6-25-21-29(13-7-24(25)20-26)42(40,41)37(22-23-14-16-34-17-15-23)30-4-3-19-36(32(30)39)28-11-9-27(10-12-28)35-18-2-1-5-31(35)38/h1-2,5-18,20-21,30H,3-4,19,22H2. The first kappa shape index (κ1) is 27.8. The molecular formula is C32H27ClN4O4S. The van der Waals surface area contributed by atoms with Crippen LogP contribution < -0.4 is 10.5 Å². The number of amides is 1. The zero-order chi connectivity index (χ0) is 29.3. The van der Waals surface area contributed by atoms with E-state index < -0.39 is 16.1 Å². The first-order chi connectivity index (χ1) is 20.3. The number of carbonyl (C=O) groups excluding carboxylic acids is 1. The minimum atomic E-state index is -4.09. The molecule has 1 amide bonds. The van der Waals surface area contributed by atoms with Crippen LogP contribution in [0.5, 0.6) is 0 Å². The highest BCUT2D eigenvalue weighted by Crippen LogP contribution is 2.31. The molecule has 10 heteroatoms. The number of pyridine rings is 2. The Hall–Kier alpha value is -4.31. The second kappa shape index (κ2) is 11.5. The maximum absolute atomic E-state index is 14.2. The zero-order valence-electron chi connectivity index (χ0n) is 22.5. The molecule has 8 nitrogen and oxygen atoms in total. The molecule has 1 unspecified atom stereocenters. The van der Waals surface area contributed by atoms with Crippen LogP contribution in [0.15, 0.2) is 119 Å². The number of piperidine rings is 1. The van der Waals surface area contributed by atoms with Gasteiger partial charge in [-0.05, 0) is 95.9 Å². The lowest BCUT2D eigenvalue weighted by Crippen LogP contribution is -2.54. The van der Waals surface area contributed by atoms with E-state index in [1.807, 2.05) is 0 Å². The molecule has 1 fully saturated rings. The fourth-order valence-electron chi connectivity index (χ4n) is 5.34. The van der Waals surface area contributed by atoms with E-state index >= 15 is 0 Å². The van der Waals surface area contributed by atoms with Crippen LogP contribution in [0, 0.1) is 0 Å². The summed E-state index contributed by atoms with van der Waals surface area (Å²) >= 11 is 6.13. The SMILES string of the molecule is O=C1C(N(Cc2ccncc2)S(=O)(=O)c2ccc3cc(Cl)ccc3c2)CCCN1c1ccc(-n2ccccc2=O)cc1. The van der Waals surface area contributed by atoms with Crippen molar-refractivity contribution in [2.75, 3.05) is 11.4 Å². The highest BCUT2D eigenvalue weighted by molar-refractivity contribution is 7.89. The lowest BCUT2D eigenvalue weighted by Gasteiger charge is -2.38. The van der Waals surface area contributed by atoms with Crippen LogP contribution in [0.2, 0.25) is 5.02 Å². The minimum Gasteiger partial charge on any atom is -0.311 e. The van der Waals surface area contributed by atoms with Gasteiger partial charge >= 0.3 is 0 Å². The molecule has 6 rings (SSSR count). The van der Waals surface area contributed by atoms with Gasteiger partial charge in [-0.25, -0.2) is 8.42 Å². The normalized spacial score (nSPS) is 15.8. The molecule has 1 aliphatic heterocycles. The number of nitrogens with zero attached hydrogens (tertiary/aromatic N) is 4. The number of carbonyl (C=O) groups is 1. The summed E-state index contributed by atoms with van der Waals surface area (Å²) in [6.07, 6.45) is 5.90. The molecule has 1 saturated heterocycles. The summed E-state index contributed by atoms with van der Waals surface area (Å²) in [6.45, 7) is 0.476. The van der Waals surface area contributed by atoms with Crippen LogP contribution in [0.25, 0.3) is 16.5 Å². The summed E-state index contributed by atoms with van der Waals surface area (Å²) in [4.78, 5) is 32.1. The number of hydrogen-bond acceptors (Lipinski definition) is 5. The van der Waals surface area contributed by atoms with Crippen molar-refractivity contribution in [1.82, 2.24) is 13.9 Å². The van der Waals surface area contributed by atoms with E-state index in [0.717, 1.165) is 16.3 Å². The number of hydrogen-bond donors (Lipinski definition) is 0. The van der Waals surface area contributed by atoms with E-state index in [1.165, 1.54) is 14.9 Å². The molecule has 1 atom stereocenters. The molecule has 42 heavy (non-hydrogen) atoms. The molecule has 0 spiro atoms. The van der Waals surface area contributed by atoms with Crippen molar-refractivity contribution in [3.63, 3.8) is 0 Å². The molecule has 0 bridgehead atoms. The van der Waals surface area contributed by atoms with Crippen LogP contribution >= 0.6 is 11.6 Å². The topological polar surface area (TPSA) is 92.6 Å². The summed E-state index contributed by atoms with van der Waals surface area (Å²) in [5.41, 5.74) is 1.88. The average molecular weight is 599 g/mol. The van der Waals surface area contributed by atoms with Gasteiger partial charge in [-0.15, -0.1) is 0 Å². The highest BCUT2D eigenvalue weighted by atomic mass is 35.5. The number of benzene rings is 3. The van der Waals surface area contributed by atoms with E-state index in [9.17, 15) is 18.0 Å². The van der Waals surface area contributed by atoms with Crippen LogP contribution in [-0.2, 0) is 21.4 Å². The average Bonchev–Trinajstić information content (AvgIpc) is 3.01. The van der Waals surface area contributed by atoms with Crippen LogP contribution in [0.3, 0.4) is 0 Å². The van der Waals surface area contributed by atoms with Gasteiger partial charge in [0.05, 0.1) is 4.90 Å². The van der Waals surface area contributed by atoms with Gasteiger partial charge in [-0.1, -0.05) is 29.8 Å². The van der Waals surface area contributed by atoms with Crippen molar-refractivity contribution in [1.29, 1.82) is 0 Å². The summed E-state index contributed by atoms with van der Waals surface area (Å²) < 4.78 is 31.3. The minimum absolute atomic E-state index is 0.0175. The van der Waals surface area contributed by atoms with Gasteiger partial charge < -0.3 is 4.90 Å². The number of fused-ring (bicyclic) bond motifs is 1. The predicted molar refractivity (Wildman–Crippen MR) is 163 cm³/mol. The lowest BCUT2D eigenvalue weighted by atomic mass is 10.0. The van der Waals surface area contributed by atoms with Crippen LogP contribution in [0.4, 0.5) is 5.69 Å². The maximum Gasteiger partial charge on any atom is 0.255 e. The fraction of sp³-hybridized carbons (Fsp3) is 0.156. The van der Waals surface area contributed by atoms with Crippen molar-refractivity contribution in [2.24, 2.45) is 0 Å². The Labute approximate surface area is 248 Å². The number of halogens is 1. The third-order valence-corrected chi connectivity index (χ3v) is 9.57. The Bertz CT molecular complexity index is 1930. The maximum atomic E-state index is 14.2. The van der Waals surface area contributed by atoms with E-state index in [-0.39, 0.29) is 22.9 Å². The van der Waals surface area contributed by atoms with Crippen molar-refractivity contribution < 1.29 is 13.2 Å². The van der Waals surface area contributed by atoms with Gasteiger partial charge in [0.15, 0.2) is 0 Å². The Kier molecular flexibility index (Phi) is 7.64. The summed E-state index contributed by atoms with van der Waals surface area (Å²) in [5.74, 6) is -0.295. The molecule has 3 heterocycles. The van der Waals surface area contributed by atoms with Gasteiger partial charge in [-0.3, -0.25) is 19.1 Å². The van der Waals surface area contributed by atoms with Gasteiger partial charge in [0.2, 0.25) is 15.9 Å². The van der Waals surface area contributed by atoms with Crippen LogP contribution in [-0.4, -0.2) is 40.8 Å². The van der Waals surface area contributed by atoms with E-state index in [1.54, 1.807) is 108 Å². The predicted octanol–water partition coefficient (Wildman–Crippen LogP) is 5.43. The van der Waals surface area contributed by atoms with Crippen molar-refractivity contribution in [3.05, 3.63) is 131 Å². The van der Waals surface area contributed by atoms with Crippen LogP contribution in [0.1, 0.15) is 18.4 Å². The smallest absolute Gasteiger partial charge is 0.255 e. The number of rotatable bonds is 7. The van der Waals surface area contributed by atoms with Gasteiger partial charge in [0.1, 0.15) is 6.04 Å². The molecule has 0 N–H and O–H groups in total. The summed E-state index contributed by atoms with van der Waals surface area (Å²) in [6, 6.07) is 24.8. The molecule has 0 aliphatic carbocycles. The Morgan fingerprint density at radius 3 is 2.33 bits per heavy atom. The first-order valence-corrected chi connectivity index (χ1v) is 15.3. The van der Waals surface area contributed by atoms with E-state index in [4.69, 9.17) is 11.6 Å². The Morgan fingerprint density at radius 2 is 1.57 bits per heavy atom. The molecule has 1 aliphatic rings. The number of aromatic nitrogens is 2. The van der Waals surface area contributed by atoms with E-state index in [2.05, 4.69) is 4.98 Å². The van der Waals surface area contributed by atoms with Crippen molar-refractivity contribution >= 4 is 44.0 Å². The second-order valence-electron chi connectivity index (χ2n) is 10.1. The Morgan fingerprint density at radius 1 is 0.857 bits per heavy atom. The van der Waals surface area contributed by atoms with Crippen molar-refractivity contribution in [3.8, 4) is 5.69 Å². The third kappa shape index (κ3) is 5.46. The largest absolute Gasteiger partial charge is 0.311 e. The second-order valence-corrected chi connectivity index (χ2v) is 12.5. The lowest BCUT2D eigenvalue weighted by molar-refractivity contribution is -0.123. The van der Waals surface area contributed by atoms with Gasteiger partial charge in [0, 0.05) is 54.1 Å². The molecule has 2 aromatic heterocycles. The number of sulfonamides is 1. The molecule has 212 valence electrons. The van der Waals surface area contributed by atoms with Crippen molar-refractivity contribution in [2.45, 2.75) is 30.3 Å². The highest BCUT2D eigenvalue weighted by Gasteiger charge is 2.40. The van der Waals surface area contributed by atoms with Gasteiger partial charge in [-0.2, -0.15) is 4.31 Å². The quantitative estimate of drug-likeness (QED) is 0.249. The monoisotopic (exact) mass is 598 g/mol. The fourth-order valence-corrected chi connectivity index (χ4v) is 7.15. The Balaban J connectivity index is 1.35. The summed E-state index contributed by atoms with van der Waals surface area (Å²) in [7, 11) is -4.09. The summed E-state index contributed by atoms with van der Waals surface area (Å²) in [5, 5.41) is 2.12. The third-order valence-electron chi connectivity index (χ3n) is 7.49. The first-order valence-electron chi connectivity index (χ1n) is 13.5. The molecular weight excluding hydrogens is 572 g/mol. The zero-order valence-corrected chi connectivity index (χ0v) is 24.1. The molecule has 5 aromatic rings. The molecule has 0 saturated carbocycles. The van der Waals surface area contributed by atoms with E-state index in [0.29, 0.717) is 35.8 Å². The molecule has 3 aromatic carbocycles.